The standard InChI is InChI=1S/C22H25NO3/c1-15-3-7-17(8-4-15)21(24)23-19-11-13-20(14-12-19)26-22(25)18-9-5-16(2)6-10-18/h3-4,7-8,11-14,16,18H,5-6,9-10H2,1-2H3,(H,23,24). The lowest BCUT2D eigenvalue weighted by atomic mass is 9.83. The van der Waals surface area contributed by atoms with Crippen LogP contribution in [-0.2, 0) is 4.79 Å². The van der Waals surface area contributed by atoms with Gasteiger partial charge < -0.3 is 10.1 Å². The predicted molar refractivity (Wildman–Crippen MR) is 102 cm³/mol. The number of amides is 1. The molecule has 0 heterocycles. The number of benzene rings is 2. The van der Waals surface area contributed by atoms with Gasteiger partial charge in [0, 0.05) is 11.3 Å². The van der Waals surface area contributed by atoms with Crippen LogP contribution >= 0.6 is 0 Å². The molecular formula is C22H25NO3. The molecule has 1 amide bonds. The molecule has 4 heteroatoms. The fourth-order valence-electron chi connectivity index (χ4n) is 3.21. The highest BCUT2D eigenvalue weighted by Crippen LogP contribution is 2.29. The van der Waals surface area contributed by atoms with Crippen LogP contribution in [0.3, 0.4) is 0 Å². The molecule has 4 nitrogen and oxygen atoms in total. The highest BCUT2D eigenvalue weighted by Gasteiger charge is 2.25. The molecule has 26 heavy (non-hydrogen) atoms. The highest BCUT2D eigenvalue weighted by molar-refractivity contribution is 6.04. The molecule has 0 saturated heterocycles. The van der Waals surface area contributed by atoms with Crippen molar-refractivity contribution in [1.82, 2.24) is 0 Å². The monoisotopic (exact) mass is 351 g/mol. The molecule has 0 aromatic heterocycles. The number of aryl methyl sites for hydroxylation is 1. The summed E-state index contributed by atoms with van der Waals surface area (Å²) >= 11 is 0. The number of ether oxygens (including phenoxy) is 1. The normalized spacial score (nSPS) is 19.6. The Morgan fingerprint density at radius 3 is 2.15 bits per heavy atom. The first-order valence-corrected chi connectivity index (χ1v) is 9.21. The molecular weight excluding hydrogens is 326 g/mol. The summed E-state index contributed by atoms with van der Waals surface area (Å²) < 4.78 is 5.50. The number of rotatable bonds is 4. The smallest absolute Gasteiger partial charge is 0.314 e. The molecule has 0 atom stereocenters. The molecule has 1 saturated carbocycles. The van der Waals surface area contributed by atoms with Gasteiger partial charge in [-0.15, -0.1) is 0 Å². The lowest BCUT2D eigenvalue weighted by molar-refractivity contribution is -0.140. The van der Waals surface area contributed by atoms with E-state index in [0.29, 0.717) is 22.9 Å². The van der Waals surface area contributed by atoms with E-state index in [9.17, 15) is 9.59 Å². The van der Waals surface area contributed by atoms with Gasteiger partial charge in [-0.25, -0.2) is 0 Å². The minimum Gasteiger partial charge on any atom is -0.426 e. The fraction of sp³-hybridized carbons (Fsp3) is 0.364. The van der Waals surface area contributed by atoms with Gasteiger partial charge in [0.25, 0.3) is 5.91 Å². The number of carbonyl (C=O) groups excluding carboxylic acids is 2. The second-order valence-electron chi connectivity index (χ2n) is 7.22. The molecule has 3 rings (SSSR count). The van der Waals surface area contributed by atoms with Crippen molar-refractivity contribution >= 4 is 17.6 Å². The average Bonchev–Trinajstić information content (AvgIpc) is 2.64. The molecule has 0 bridgehead atoms. The number of nitrogens with one attached hydrogen (secondary N) is 1. The third kappa shape index (κ3) is 4.72. The molecule has 2 aromatic rings. The van der Waals surface area contributed by atoms with E-state index in [1.165, 1.54) is 0 Å². The van der Waals surface area contributed by atoms with Crippen molar-refractivity contribution in [3.63, 3.8) is 0 Å². The van der Waals surface area contributed by atoms with Crippen molar-refractivity contribution < 1.29 is 14.3 Å². The Kier molecular flexibility index (Phi) is 5.71. The predicted octanol–water partition coefficient (Wildman–Crippen LogP) is 4.98. The van der Waals surface area contributed by atoms with Crippen LogP contribution in [0.4, 0.5) is 5.69 Å². The van der Waals surface area contributed by atoms with E-state index >= 15 is 0 Å². The first-order chi connectivity index (χ1) is 12.5. The number of anilines is 1. The first-order valence-electron chi connectivity index (χ1n) is 9.21. The maximum absolute atomic E-state index is 12.3. The summed E-state index contributed by atoms with van der Waals surface area (Å²) in [5.74, 6) is 0.920. The average molecular weight is 351 g/mol. The van der Waals surface area contributed by atoms with E-state index in [4.69, 9.17) is 4.74 Å². The Labute approximate surface area is 154 Å². The lowest BCUT2D eigenvalue weighted by Gasteiger charge is -2.24. The van der Waals surface area contributed by atoms with E-state index < -0.39 is 0 Å². The van der Waals surface area contributed by atoms with Crippen LogP contribution in [0.5, 0.6) is 5.75 Å². The van der Waals surface area contributed by atoms with Crippen LogP contribution in [0, 0.1) is 18.8 Å². The van der Waals surface area contributed by atoms with E-state index in [0.717, 1.165) is 31.2 Å². The van der Waals surface area contributed by atoms with Crippen molar-refractivity contribution in [2.75, 3.05) is 5.32 Å². The third-order valence-electron chi connectivity index (χ3n) is 4.99. The minimum atomic E-state index is -0.161. The summed E-state index contributed by atoms with van der Waals surface area (Å²) in [6.07, 6.45) is 3.99. The molecule has 0 aliphatic heterocycles. The van der Waals surface area contributed by atoms with Crippen molar-refractivity contribution in [1.29, 1.82) is 0 Å². The molecule has 0 radical (unpaired) electrons. The summed E-state index contributed by atoms with van der Waals surface area (Å²) in [6.45, 7) is 4.21. The molecule has 2 aromatic carbocycles. The zero-order valence-electron chi connectivity index (χ0n) is 15.3. The SMILES string of the molecule is Cc1ccc(C(=O)Nc2ccc(OC(=O)C3CCC(C)CC3)cc2)cc1. The topological polar surface area (TPSA) is 55.4 Å². The van der Waals surface area contributed by atoms with Crippen LogP contribution in [0.1, 0.15) is 48.5 Å². The Balaban J connectivity index is 1.55. The van der Waals surface area contributed by atoms with E-state index in [1.807, 2.05) is 19.1 Å². The van der Waals surface area contributed by atoms with Gasteiger partial charge in [-0.3, -0.25) is 9.59 Å². The molecule has 0 spiro atoms. The molecule has 1 aliphatic carbocycles. The van der Waals surface area contributed by atoms with Gasteiger partial charge in [-0.05, 0) is 74.9 Å². The van der Waals surface area contributed by atoms with Crippen LogP contribution < -0.4 is 10.1 Å². The molecule has 1 N–H and O–H groups in total. The van der Waals surface area contributed by atoms with E-state index in [1.54, 1.807) is 36.4 Å². The first kappa shape index (κ1) is 18.2. The van der Waals surface area contributed by atoms with E-state index in [2.05, 4.69) is 12.2 Å². The van der Waals surface area contributed by atoms with Gasteiger partial charge in [0.15, 0.2) is 0 Å². The van der Waals surface area contributed by atoms with Crippen molar-refractivity contribution in [3.05, 3.63) is 59.7 Å². The van der Waals surface area contributed by atoms with Gasteiger partial charge >= 0.3 is 5.97 Å². The molecule has 1 aliphatic rings. The summed E-state index contributed by atoms with van der Waals surface area (Å²) in [4.78, 5) is 24.5. The number of esters is 1. The molecule has 136 valence electrons. The highest BCUT2D eigenvalue weighted by atomic mass is 16.5. The van der Waals surface area contributed by atoms with Gasteiger partial charge in [0.2, 0.25) is 0 Å². The largest absolute Gasteiger partial charge is 0.426 e. The van der Waals surface area contributed by atoms with Crippen molar-refractivity contribution in [2.24, 2.45) is 11.8 Å². The van der Waals surface area contributed by atoms with Gasteiger partial charge in [-0.2, -0.15) is 0 Å². The number of hydrogen-bond donors (Lipinski definition) is 1. The van der Waals surface area contributed by atoms with Crippen molar-refractivity contribution in [3.8, 4) is 5.75 Å². The third-order valence-corrected chi connectivity index (χ3v) is 4.99. The number of hydrogen-bond acceptors (Lipinski definition) is 3. The zero-order chi connectivity index (χ0) is 18.5. The quantitative estimate of drug-likeness (QED) is 0.624. The molecule has 1 fully saturated rings. The maximum Gasteiger partial charge on any atom is 0.314 e. The van der Waals surface area contributed by atoms with Crippen LogP contribution in [0.15, 0.2) is 48.5 Å². The van der Waals surface area contributed by atoms with Gasteiger partial charge in [0.1, 0.15) is 5.75 Å². The number of carbonyl (C=O) groups is 2. The Bertz CT molecular complexity index is 757. The van der Waals surface area contributed by atoms with E-state index in [-0.39, 0.29) is 17.8 Å². The second kappa shape index (κ2) is 8.17. The van der Waals surface area contributed by atoms with Gasteiger partial charge in [-0.1, -0.05) is 24.6 Å². The van der Waals surface area contributed by atoms with Crippen LogP contribution in [-0.4, -0.2) is 11.9 Å². The zero-order valence-corrected chi connectivity index (χ0v) is 15.3. The van der Waals surface area contributed by atoms with Crippen LogP contribution in [0.25, 0.3) is 0 Å². The Morgan fingerprint density at radius 2 is 1.54 bits per heavy atom. The van der Waals surface area contributed by atoms with Crippen LogP contribution in [0.2, 0.25) is 0 Å². The Morgan fingerprint density at radius 1 is 0.923 bits per heavy atom. The summed E-state index contributed by atoms with van der Waals surface area (Å²) in [6, 6.07) is 14.3. The molecule has 0 unspecified atom stereocenters. The second-order valence-corrected chi connectivity index (χ2v) is 7.22. The summed E-state index contributed by atoms with van der Waals surface area (Å²) in [7, 11) is 0. The summed E-state index contributed by atoms with van der Waals surface area (Å²) in [5.41, 5.74) is 2.39. The Hall–Kier alpha value is -2.62. The van der Waals surface area contributed by atoms with Crippen molar-refractivity contribution in [2.45, 2.75) is 39.5 Å². The summed E-state index contributed by atoms with van der Waals surface area (Å²) in [5, 5.41) is 2.85. The maximum atomic E-state index is 12.3. The minimum absolute atomic E-state index is 0.00659. The lowest BCUT2D eigenvalue weighted by Crippen LogP contribution is -2.24. The van der Waals surface area contributed by atoms with Gasteiger partial charge in [0.05, 0.1) is 5.92 Å². The fourth-order valence-corrected chi connectivity index (χ4v) is 3.21.